The molecule has 0 bridgehead atoms. The summed E-state index contributed by atoms with van der Waals surface area (Å²) >= 11 is 3.91. The van der Waals surface area contributed by atoms with Crippen molar-refractivity contribution in [1.29, 1.82) is 0 Å². The molecule has 0 saturated heterocycles. The lowest BCUT2D eigenvalue weighted by Crippen LogP contribution is -2.00. The Morgan fingerprint density at radius 3 is 2.60 bits per heavy atom. The van der Waals surface area contributed by atoms with Crippen LogP contribution in [-0.2, 0) is 11.8 Å². The maximum absolute atomic E-state index is 13.8. The SMILES string of the molecule is Cn1nc(-c2c(F)cc(Br)cc2F)nc1SCC(=O)O. The van der Waals surface area contributed by atoms with Gasteiger partial charge in [0.2, 0.25) is 0 Å². The minimum atomic E-state index is -1.01. The number of hydrogen-bond acceptors (Lipinski definition) is 4. The van der Waals surface area contributed by atoms with Gasteiger partial charge in [-0.1, -0.05) is 27.7 Å². The van der Waals surface area contributed by atoms with Gasteiger partial charge in [0, 0.05) is 11.5 Å². The fourth-order valence-electron chi connectivity index (χ4n) is 1.48. The van der Waals surface area contributed by atoms with E-state index in [-0.39, 0.29) is 26.8 Å². The van der Waals surface area contributed by atoms with Gasteiger partial charge in [0.05, 0.1) is 11.3 Å². The van der Waals surface area contributed by atoms with Crippen LogP contribution in [0.3, 0.4) is 0 Å². The first-order valence-corrected chi connectivity index (χ1v) is 7.07. The number of aromatic nitrogens is 3. The third-order valence-corrected chi connectivity index (χ3v) is 3.74. The number of carboxylic acids is 1. The van der Waals surface area contributed by atoms with Crippen LogP contribution in [0.15, 0.2) is 21.8 Å². The summed E-state index contributed by atoms with van der Waals surface area (Å²) in [6, 6.07) is 2.22. The predicted octanol–water partition coefficient (Wildman–Crippen LogP) is 2.70. The summed E-state index contributed by atoms with van der Waals surface area (Å²) < 4.78 is 29.1. The Hall–Kier alpha value is -1.48. The molecular formula is C11H8BrF2N3O2S. The van der Waals surface area contributed by atoms with Crippen LogP contribution in [0.4, 0.5) is 8.78 Å². The summed E-state index contributed by atoms with van der Waals surface area (Å²) in [4.78, 5) is 14.5. The zero-order valence-electron chi connectivity index (χ0n) is 10.1. The van der Waals surface area contributed by atoms with E-state index in [4.69, 9.17) is 5.11 Å². The molecule has 0 unspecified atom stereocenters. The van der Waals surface area contributed by atoms with E-state index in [9.17, 15) is 13.6 Å². The lowest BCUT2D eigenvalue weighted by atomic mass is 10.2. The zero-order chi connectivity index (χ0) is 14.9. The Bertz CT molecular complexity index is 655. The molecule has 0 atom stereocenters. The maximum atomic E-state index is 13.8. The number of nitrogens with zero attached hydrogens (tertiary/aromatic N) is 3. The van der Waals surface area contributed by atoms with Crippen molar-refractivity contribution in [3.05, 3.63) is 28.2 Å². The molecule has 2 aromatic rings. The number of halogens is 3. The van der Waals surface area contributed by atoms with E-state index >= 15 is 0 Å². The smallest absolute Gasteiger partial charge is 0.313 e. The van der Waals surface area contributed by atoms with Gasteiger partial charge in [-0.2, -0.15) is 5.10 Å². The summed E-state index contributed by atoms with van der Waals surface area (Å²) in [5.74, 6) is -2.94. The largest absolute Gasteiger partial charge is 0.481 e. The average molecular weight is 364 g/mol. The first-order chi connectivity index (χ1) is 9.38. The summed E-state index contributed by atoms with van der Waals surface area (Å²) in [6.07, 6.45) is 0. The van der Waals surface area contributed by atoms with Crippen molar-refractivity contribution >= 4 is 33.7 Å². The van der Waals surface area contributed by atoms with Crippen molar-refractivity contribution in [3.63, 3.8) is 0 Å². The molecule has 2 rings (SSSR count). The van der Waals surface area contributed by atoms with Crippen LogP contribution < -0.4 is 0 Å². The van der Waals surface area contributed by atoms with Gasteiger partial charge in [0.1, 0.15) is 11.6 Å². The van der Waals surface area contributed by atoms with E-state index in [1.54, 1.807) is 0 Å². The van der Waals surface area contributed by atoms with Crippen molar-refractivity contribution in [2.24, 2.45) is 7.05 Å². The first kappa shape index (κ1) is 14.9. The van der Waals surface area contributed by atoms with Crippen LogP contribution in [0.25, 0.3) is 11.4 Å². The highest BCUT2D eigenvalue weighted by atomic mass is 79.9. The van der Waals surface area contributed by atoms with Gasteiger partial charge in [-0.05, 0) is 12.1 Å². The molecule has 0 saturated carbocycles. The number of carboxylic acid groups (broad SMARTS) is 1. The summed E-state index contributed by atoms with van der Waals surface area (Å²) in [5, 5.41) is 12.8. The van der Waals surface area contributed by atoms with Gasteiger partial charge in [-0.25, -0.2) is 18.4 Å². The number of hydrogen-bond donors (Lipinski definition) is 1. The second-order valence-corrected chi connectivity index (χ2v) is 5.63. The summed E-state index contributed by atoms with van der Waals surface area (Å²) in [7, 11) is 1.52. The fraction of sp³-hybridized carbons (Fsp3) is 0.182. The molecule has 1 heterocycles. The Labute approximate surface area is 125 Å². The van der Waals surface area contributed by atoms with Gasteiger partial charge in [0.25, 0.3) is 0 Å². The van der Waals surface area contributed by atoms with Crippen molar-refractivity contribution in [1.82, 2.24) is 14.8 Å². The third-order valence-electron chi connectivity index (χ3n) is 2.28. The van der Waals surface area contributed by atoms with E-state index in [0.29, 0.717) is 0 Å². The molecule has 1 aromatic carbocycles. The molecule has 5 nitrogen and oxygen atoms in total. The van der Waals surface area contributed by atoms with Crippen LogP contribution >= 0.6 is 27.7 Å². The number of carbonyl (C=O) groups is 1. The Morgan fingerprint density at radius 1 is 1.45 bits per heavy atom. The second-order valence-electron chi connectivity index (χ2n) is 3.77. The van der Waals surface area contributed by atoms with Gasteiger partial charge in [0.15, 0.2) is 11.0 Å². The standard InChI is InChI=1S/C11H8BrF2N3O2S/c1-17-11(20-4-8(18)19)15-10(16-17)9-6(13)2-5(12)3-7(9)14/h2-3H,4H2,1H3,(H,18,19). The van der Waals surface area contributed by atoms with Crippen LogP contribution in [0.5, 0.6) is 0 Å². The molecule has 0 spiro atoms. The van der Waals surface area contributed by atoms with Crippen LogP contribution in [0.2, 0.25) is 0 Å². The molecule has 0 radical (unpaired) electrons. The molecule has 106 valence electrons. The van der Waals surface area contributed by atoms with E-state index in [2.05, 4.69) is 26.0 Å². The van der Waals surface area contributed by atoms with Crippen LogP contribution in [0, 0.1) is 11.6 Å². The van der Waals surface area contributed by atoms with Crippen molar-refractivity contribution in [2.45, 2.75) is 5.16 Å². The molecule has 9 heteroatoms. The Morgan fingerprint density at radius 2 is 2.05 bits per heavy atom. The molecule has 0 aliphatic carbocycles. The summed E-state index contributed by atoms with van der Waals surface area (Å²) in [6.45, 7) is 0. The monoisotopic (exact) mass is 363 g/mol. The molecule has 0 fully saturated rings. The second kappa shape index (κ2) is 5.88. The lowest BCUT2D eigenvalue weighted by molar-refractivity contribution is -0.133. The predicted molar refractivity (Wildman–Crippen MR) is 72.4 cm³/mol. The molecule has 20 heavy (non-hydrogen) atoms. The Balaban J connectivity index is 2.39. The minimum Gasteiger partial charge on any atom is -0.481 e. The first-order valence-electron chi connectivity index (χ1n) is 5.29. The van der Waals surface area contributed by atoms with E-state index in [1.165, 1.54) is 11.7 Å². The minimum absolute atomic E-state index is 0.122. The number of thioether (sulfide) groups is 1. The zero-order valence-corrected chi connectivity index (χ0v) is 12.5. The van der Waals surface area contributed by atoms with Crippen molar-refractivity contribution in [2.75, 3.05) is 5.75 Å². The molecular weight excluding hydrogens is 356 g/mol. The van der Waals surface area contributed by atoms with Crippen LogP contribution in [-0.4, -0.2) is 31.6 Å². The molecule has 0 aliphatic heterocycles. The van der Waals surface area contributed by atoms with E-state index in [1.807, 2.05) is 0 Å². The maximum Gasteiger partial charge on any atom is 0.313 e. The molecule has 0 aliphatic rings. The van der Waals surface area contributed by atoms with Crippen molar-refractivity contribution < 1.29 is 18.7 Å². The number of rotatable bonds is 4. The molecule has 0 amide bonds. The Kier molecular flexibility index (Phi) is 4.39. The van der Waals surface area contributed by atoms with Crippen molar-refractivity contribution in [3.8, 4) is 11.4 Å². The lowest BCUT2D eigenvalue weighted by Gasteiger charge is -2.01. The highest BCUT2D eigenvalue weighted by molar-refractivity contribution is 9.10. The number of aryl methyl sites for hydroxylation is 1. The van der Waals surface area contributed by atoms with E-state index in [0.717, 1.165) is 23.9 Å². The molecule has 1 aromatic heterocycles. The van der Waals surface area contributed by atoms with Crippen LogP contribution in [0.1, 0.15) is 0 Å². The number of benzene rings is 1. The van der Waals surface area contributed by atoms with Gasteiger partial charge < -0.3 is 5.11 Å². The quantitative estimate of drug-likeness (QED) is 0.845. The van der Waals surface area contributed by atoms with Gasteiger partial charge in [-0.3, -0.25) is 4.79 Å². The number of aliphatic carboxylic acids is 1. The fourth-order valence-corrected chi connectivity index (χ4v) is 2.52. The summed E-state index contributed by atoms with van der Waals surface area (Å²) in [5.41, 5.74) is -0.342. The highest BCUT2D eigenvalue weighted by Crippen LogP contribution is 2.28. The van der Waals surface area contributed by atoms with Gasteiger partial charge >= 0.3 is 5.97 Å². The average Bonchev–Trinajstić information content (AvgIpc) is 2.66. The van der Waals surface area contributed by atoms with E-state index < -0.39 is 17.6 Å². The topological polar surface area (TPSA) is 68.0 Å². The highest BCUT2D eigenvalue weighted by Gasteiger charge is 2.19. The third kappa shape index (κ3) is 3.15. The van der Waals surface area contributed by atoms with Gasteiger partial charge in [-0.15, -0.1) is 0 Å². The normalized spacial score (nSPS) is 10.8. The molecule has 1 N–H and O–H groups in total.